The summed E-state index contributed by atoms with van der Waals surface area (Å²) in [6.45, 7) is 3.58. The zero-order valence-corrected chi connectivity index (χ0v) is 10.9. The van der Waals surface area contributed by atoms with Crippen molar-refractivity contribution in [1.82, 2.24) is 14.9 Å². The van der Waals surface area contributed by atoms with Crippen molar-refractivity contribution in [1.29, 1.82) is 0 Å². The third kappa shape index (κ3) is 2.03. The molecule has 0 radical (unpaired) electrons. The highest BCUT2D eigenvalue weighted by Crippen LogP contribution is 2.26. The quantitative estimate of drug-likeness (QED) is 0.916. The summed E-state index contributed by atoms with van der Waals surface area (Å²) in [7, 11) is 0. The van der Waals surface area contributed by atoms with Gasteiger partial charge in [0.2, 0.25) is 5.16 Å². The maximum atomic E-state index is 5.43. The fourth-order valence-electron chi connectivity index (χ4n) is 1.86. The van der Waals surface area contributed by atoms with E-state index in [-0.39, 0.29) is 0 Å². The van der Waals surface area contributed by atoms with Crippen molar-refractivity contribution in [2.24, 2.45) is 0 Å². The van der Waals surface area contributed by atoms with Gasteiger partial charge < -0.3 is 10.2 Å². The average Bonchev–Trinajstić information content (AvgIpc) is 2.84. The molecule has 1 aromatic heterocycles. The molecule has 0 unspecified atom stereocenters. The van der Waals surface area contributed by atoms with Crippen molar-refractivity contribution < 1.29 is 4.74 Å². The first-order chi connectivity index (χ1) is 8.88. The first kappa shape index (κ1) is 11.4. The smallest absolute Gasteiger partial charge is 0.210 e. The molecule has 0 saturated heterocycles. The van der Waals surface area contributed by atoms with Gasteiger partial charge in [-0.1, -0.05) is 11.8 Å². The fraction of sp³-hybridized carbons (Fsp3) is 0.333. The number of aromatic nitrogens is 3. The van der Waals surface area contributed by atoms with E-state index >= 15 is 0 Å². The number of thioether (sulfide) groups is 1. The van der Waals surface area contributed by atoms with Gasteiger partial charge in [-0.15, -0.1) is 10.2 Å². The van der Waals surface area contributed by atoms with Crippen LogP contribution in [0.15, 0.2) is 29.4 Å². The first-order valence-corrected chi connectivity index (χ1v) is 6.92. The highest BCUT2D eigenvalue weighted by Gasteiger charge is 2.17. The molecule has 2 heterocycles. The van der Waals surface area contributed by atoms with Crippen LogP contribution in [0.3, 0.4) is 0 Å². The fourth-order valence-corrected chi connectivity index (χ4v) is 2.61. The Balaban J connectivity index is 1.92. The van der Waals surface area contributed by atoms with Gasteiger partial charge in [-0.05, 0) is 31.2 Å². The molecule has 5 nitrogen and oxygen atoms in total. The molecule has 6 heteroatoms. The zero-order chi connectivity index (χ0) is 12.4. The number of ether oxygens (including phenoxy) is 1. The lowest BCUT2D eigenvalue weighted by Crippen LogP contribution is -2.23. The molecule has 0 aliphatic carbocycles. The number of hydrogen-bond acceptors (Lipinski definition) is 5. The van der Waals surface area contributed by atoms with Crippen LogP contribution >= 0.6 is 11.8 Å². The average molecular weight is 262 g/mol. The molecule has 0 atom stereocenters. The summed E-state index contributed by atoms with van der Waals surface area (Å²) < 4.78 is 7.38. The second kappa shape index (κ2) is 4.89. The van der Waals surface area contributed by atoms with Gasteiger partial charge in [0, 0.05) is 17.9 Å². The van der Waals surface area contributed by atoms with Crippen molar-refractivity contribution in [3.05, 3.63) is 24.3 Å². The second-order valence-electron chi connectivity index (χ2n) is 3.86. The van der Waals surface area contributed by atoms with E-state index in [2.05, 4.69) is 15.6 Å². The molecule has 0 saturated carbocycles. The van der Waals surface area contributed by atoms with Crippen LogP contribution in [-0.2, 0) is 0 Å². The van der Waals surface area contributed by atoms with E-state index in [0.29, 0.717) is 6.61 Å². The molecule has 0 fully saturated rings. The number of benzene rings is 1. The van der Waals surface area contributed by atoms with Crippen molar-refractivity contribution >= 4 is 11.8 Å². The molecule has 2 aromatic rings. The van der Waals surface area contributed by atoms with Crippen LogP contribution in [0.1, 0.15) is 6.92 Å². The molecule has 1 aliphatic rings. The third-order valence-corrected chi connectivity index (χ3v) is 3.59. The minimum absolute atomic E-state index is 0.678. The largest absolute Gasteiger partial charge is 0.494 e. The molecule has 1 aromatic carbocycles. The highest BCUT2D eigenvalue weighted by molar-refractivity contribution is 7.99. The first-order valence-electron chi connectivity index (χ1n) is 5.94. The Morgan fingerprint density at radius 1 is 1.33 bits per heavy atom. The van der Waals surface area contributed by atoms with Crippen molar-refractivity contribution in [3.63, 3.8) is 0 Å². The predicted octanol–water partition coefficient (Wildman–Crippen LogP) is 1.99. The predicted molar refractivity (Wildman–Crippen MR) is 71.6 cm³/mol. The molecule has 1 N–H and O–H groups in total. The van der Waals surface area contributed by atoms with E-state index in [1.807, 2.05) is 35.9 Å². The van der Waals surface area contributed by atoms with Crippen LogP contribution in [0.2, 0.25) is 0 Å². The van der Waals surface area contributed by atoms with Gasteiger partial charge in [0.25, 0.3) is 0 Å². The second-order valence-corrected chi connectivity index (χ2v) is 4.92. The van der Waals surface area contributed by atoms with Gasteiger partial charge >= 0.3 is 0 Å². The number of fused-ring (bicyclic) bond motifs is 1. The molecule has 1 aliphatic heterocycles. The van der Waals surface area contributed by atoms with E-state index in [1.54, 1.807) is 11.8 Å². The summed E-state index contributed by atoms with van der Waals surface area (Å²) >= 11 is 1.72. The summed E-state index contributed by atoms with van der Waals surface area (Å²) in [6, 6.07) is 7.92. The summed E-state index contributed by atoms with van der Waals surface area (Å²) in [5, 5.41) is 9.33. The number of rotatable bonds is 3. The molecule has 0 spiro atoms. The normalized spacial score (nSPS) is 13.8. The van der Waals surface area contributed by atoms with E-state index in [0.717, 1.165) is 34.6 Å². The standard InChI is InChI=1S/C12H14N4OS/c1-2-17-10-5-3-9(4-6-10)11-14-15-12-16(11)13-7-8-18-12/h3-6,13H,2,7-8H2,1H3. The summed E-state index contributed by atoms with van der Waals surface area (Å²) in [5.74, 6) is 2.75. The molecular weight excluding hydrogens is 248 g/mol. The van der Waals surface area contributed by atoms with Crippen LogP contribution in [0.5, 0.6) is 5.75 Å². The van der Waals surface area contributed by atoms with Gasteiger partial charge in [0.05, 0.1) is 6.61 Å². The van der Waals surface area contributed by atoms with E-state index in [9.17, 15) is 0 Å². The lowest BCUT2D eigenvalue weighted by molar-refractivity contribution is 0.340. The van der Waals surface area contributed by atoms with Crippen molar-refractivity contribution in [2.75, 3.05) is 24.3 Å². The van der Waals surface area contributed by atoms with Crippen LogP contribution in [0, 0.1) is 0 Å². The Morgan fingerprint density at radius 3 is 2.94 bits per heavy atom. The van der Waals surface area contributed by atoms with Crippen LogP contribution in [0.25, 0.3) is 11.4 Å². The SMILES string of the molecule is CCOc1ccc(-c2nnc3n2NCCS3)cc1. The minimum Gasteiger partial charge on any atom is -0.494 e. The molecular formula is C12H14N4OS. The van der Waals surface area contributed by atoms with Gasteiger partial charge in [-0.3, -0.25) is 0 Å². The van der Waals surface area contributed by atoms with Gasteiger partial charge in [0.1, 0.15) is 5.75 Å². The Morgan fingerprint density at radius 2 is 2.17 bits per heavy atom. The lowest BCUT2D eigenvalue weighted by atomic mass is 10.2. The number of hydrogen-bond donors (Lipinski definition) is 1. The van der Waals surface area contributed by atoms with Crippen molar-refractivity contribution in [2.45, 2.75) is 12.1 Å². The zero-order valence-electron chi connectivity index (χ0n) is 10.1. The van der Waals surface area contributed by atoms with E-state index in [1.165, 1.54) is 0 Å². The molecule has 0 bridgehead atoms. The Bertz CT molecular complexity index is 538. The molecule has 0 amide bonds. The van der Waals surface area contributed by atoms with Gasteiger partial charge in [0.15, 0.2) is 5.82 Å². The Kier molecular flexibility index (Phi) is 3.10. The highest BCUT2D eigenvalue weighted by atomic mass is 32.2. The van der Waals surface area contributed by atoms with Crippen LogP contribution < -0.4 is 10.2 Å². The summed E-state index contributed by atoms with van der Waals surface area (Å²) in [4.78, 5) is 0. The maximum absolute atomic E-state index is 5.43. The lowest BCUT2D eigenvalue weighted by Gasteiger charge is -2.16. The van der Waals surface area contributed by atoms with Crippen LogP contribution in [-0.4, -0.2) is 33.8 Å². The summed E-state index contributed by atoms with van der Waals surface area (Å²) in [5.41, 5.74) is 4.32. The topological polar surface area (TPSA) is 52.0 Å². The van der Waals surface area contributed by atoms with Crippen molar-refractivity contribution in [3.8, 4) is 17.1 Å². The Labute approximate surface area is 110 Å². The van der Waals surface area contributed by atoms with E-state index < -0.39 is 0 Å². The van der Waals surface area contributed by atoms with Crippen LogP contribution in [0.4, 0.5) is 0 Å². The molecule has 3 rings (SSSR count). The number of nitrogens with zero attached hydrogens (tertiary/aromatic N) is 3. The van der Waals surface area contributed by atoms with Gasteiger partial charge in [-0.25, -0.2) is 4.68 Å². The maximum Gasteiger partial charge on any atom is 0.210 e. The van der Waals surface area contributed by atoms with Gasteiger partial charge in [-0.2, -0.15) is 0 Å². The number of nitrogens with one attached hydrogen (secondary N) is 1. The third-order valence-electron chi connectivity index (χ3n) is 2.66. The molecule has 18 heavy (non-hydrogen) atoms. The summed E-state index contributed by atoms with van der Waals surface area (Å²) in [6.07, 6.45) is 0. The monoisotopic (exact) mass is 262 g/mol. The molecule has 94 valence electrons. The Hall–Kier alpha value is -1.69. The van der Waals surface area contributed by atoms with E-state index in [4.69, 9.17) is 4.74 Å². The minimum atomic E-state index is 0.678.